The molecule has 1 heterocycles. The summed E-state index contributed by atoms with van der Waals surface area (Å²) in [5, 5.41) is 8.20. The highest BCUT2D eigenvalue weighted by molar-refractivity contribution is 6.37. The Hall–Kier alpha value is -3.18. The first kappa shape index (κ1) is 34.3. The van der Waals surface area contributed by atoms with Crippen molar-refractivity contribution in [3.05, 3.63) is 0 Å². The largest absolute Gasteiger partial charge is 0.458 e. The average molecular weight is 606 g/mol. The molecule has 2 aliphatic carbocycles. The van der Waals surface area contributed by atoms with E-state index in [-0.39, 0.29) is 17.8 Å². The Bertz CT molecular complexity index is 1110. The zero-order chi connectivity index (χ0) is 32.4. The number of fused-ring (bicyclic) bond motifs is 1. The molecule has 12 heteroatoms. The Kier molecular flexibility index (Phi) is 10.5. The highest BCUT2D eigenvalue weighted by Crippen LogP contribution is 2.50. The molecule has 3 fully saturated rings. The fourth-order valence-electron chi connectivity index (χ4n) is 5.70. The van der Waals surface area contributed by atoms with Gasteiger partial charge >= 0.3 is 12.0 Å². The molecule has 5 amide bonds. The summed E-state index contributed by atoms with van der Waals surface area (Å²) in [5.41, 5.74) is 3.78. The van der Waals surface area contributed by atoms with Crippen LogP contribution >= 0.6 is 0 Å². The van der Waals surface area contributed by atoms with Gasteiger partial charge in [0.25, 0.3) is 5.91 Å². The van der Waals surface area contributed by atoms with E-state index in [1.807, 2.05) is 13.8 Å². The number of ketones is 1. The van der Waals surface area contributed by atoms with Gasteiger partial charge in [-0.25, -0.2) is 9.59 Å². The number of ether oxygens (including phenoxy) is 1. The lowest BCUT2D eigenvalue weighted by molar-refractivity contribution is -0.158. The van der Waals surface area contributed by atoms with E-state index in [1.165, 1.54) is 4.90 Å². The molecule has 12 nitrogen and oxygen atoms in total. The molecule has 1 aliphatic heterocycles. The van der Waals surface area contributed by atoms with Crippen molar-refractivity contribution >= 4 is 35.5 Å². The minimum absolute atomic E-state index is 0.0619. The highest BCUT2D eigenvalue weighted by atomic mass is 16.6. The van der Waals surface area contributed by atoms with Crippen LogP contribution in [-0.2, 0) is 28.7 Å². The first-order valence-corrected chi connectivity index (χ1v) is 15.6. The number of likely N-dealkylation sites (tertiary alicyclic amines) is 1. The van der Waals surface area contributed by atoms with Crippen molar-refractivity contribution in [1.82, 2.24) is 20.9 Å². The molecule has 0 radical (unpaired) electrons. The number of carbonyl (C=O) groups excluding carboxylic acids is 6. The minimum atomic E-state index is -1.10. The van der Waals surface area contributed by atoms with Crippen LogP contribution in [0.5, 0.6) is 0 Å². The third-order valence-electron chi connectivity index (χ3n) is 8.69. The van der Waals surface area contributed by atoms with Gasteiger partial charge in [-0.3, -0.25) is 19.2 Å². The van der Waals surface area contributed by atoms with Crippen LogP contribution in [0.15, 0.2) is 0 Å². The maximum absolute atomic E-state index is 14.0. The summed E-state index contributed by atoms with van der Waals surface area (Å²) < 4.78 is 5.52. The first-order chi connectivity index (χ1) is 19.8. The molecule has 1 saturated heterocycles. The molecule has 1 unspecified atom stereocenters. The molecule has 3 aliphatic rings. The smallest absolute Gasteiger partial charge is 0.329 e. The van der Waals surface area contributed by atoms with E-state index in [1.54, 1.807) is 41.5 Å². The van der Waals surface area contributed by atoms with Gasteiger partial charge in [-0.05, 0) is 69.1 Å². The number of hydrogen-bond acceptors (Lipinski definition) is 7. The molecule has 0 spiro atoms. The summed E-state index contributed by atoms with van der Waals surface area (Å²) in [6.07, 6.45) is 4.52. The fraction of sp³-hybridized carbons (Fsp3) is 0.806. The van der Waals surface area contributed by atoms with E-state index >= 15 is 0 Å². The molecule has 5 N–H and O–H groups in total. The van der Waals surface area contributed by atoms with Crippen molar-refractivity contribution in [1.29, 1.82) is 0 Å². The fourth-order valence-corrected chi connectivity index (χ4v) is 5.70. The maximum atomic E-state index is 14.0. The predicted molar refractivity (Wildman–Crippen MR) is 159 cm³/mol. The lowest BCUT2D eigenvalue weighted by Gasteiger charge is -2.37. The number of Topliss-reactive ketones (excluding diaryl/α,β-unsaturated/α-hetero) is 1. The van der Waals surface area contributed by atoms with Crippen LogP contribution in [0.1, 0.15) is 93.9 Å². The highest BCUT2D eigenvalue weighted by Gasteiger charge is 2.58. The van der Waals surface area contributed by atoms with Crippen LogP contribution in [0.4, 0.5) is 4.79 Å². The van der Waals surface area contributed by atoms with Gasteiger partial charge in [-0.1, -0.05) is 53.9 Å². The standard InChI is InChI=1S/C31H51N5O7/c1-9-16(2)21(28(41)43-31(6,7)8)34-29(42)35-24(30(3,4)5)27(40)36-15-18-14-19(18)22(36)26(39)33-20(23(37)25(32)38)13-12-17-10-11-17/h16-22,24H,9-15H2,1-8H3,(H2,32,38)(H,33,39)(H2,34,35,42)/t16-,18-,19-,20?,21-,22-,24+/m0/s1. The van der Waals surface area contributed by atoms with E-state index in [0.29, 0.717) is 31.7 Å². The van der Waals surface area contributed by atoms with Gasteiger partial charge in [0, 0.05) is 6.54 Å². The molecular weight excluding hydrogens is 554 g/mol. The number of carbonyl (C=O) groups is 6. The number of esters is 1. The lowest BCUT2D eigenvalue weighted by Crippen LogP contribution is -2.62. The van der Waals surface area contributed by atoms with Gasteiger partial charge in [0.15, 0.2) is 0 Å². The van der Waals surface area contributed by atoms with Gasteiger partial charge in [-0.15, -0.1) is 0 Å². The number of amides is 5. The zero-order valence-corrected chi connectivity index (χ0v) is 27.0. The van der Waals surface area contributed by atoms with Crippen molar-refractivity contribution < 1.29 is 33.5 Å². The van der Waals surface area contributed by atoms with Gasteiger partial charge in [-0.2, -0.15) is 0 Å². The Labute approximate surface area is 255 Å². The Morgan fingerprint density at radius 3 is 2.12 bits per heavy atom. The second kappa shape index (κ2) is 13.2. The summed E-state index contributed by atoms with van der Waals surface area (Å²) in [4.78, 5) is 79.5. The molecule has 0 aromatic rings. The van der Waals surface area contributed by atoms with Crippen LogP contribution in [0, 0.1) is 29.1 Å². The van der Waals surface area contributed by atoms with Crippen LogP contribution in [-0.4, -0.2) is 76.7 Å². The van der Waals surface area contributed by atoms with E-state index in [2.05, 4.69) is 16.0 Å². The van der Waals surface area contributed by atoms with Crippen molar-refractivity contribution in [2.24, 2.45) is 34.8 Å². The zero-order valence-electron chi connectivity index (χ0n) is 27.0. The second-order valence-electron chi connectivity index (χ2n) is 14.7. The number of nitrogens with two attached hydrogens (primary N) is 1. The number of hydrogen-bond donors (Lipinski definition) is 4. The van der Waals surface area contributed by atoms with Gasteiger partial charge < -0.3 is 31.3 Å². The molecule has 7 atom stereocenters. The van der Waals surface area contributed by atoms with Gasteiger partial charge in [0.2, 0.25) is 17.6 Å². The Morgan fingerprint density at radius 1 is 0.977 bits per heavy atom. The van der Waals surface area contributed by atoms with E-state index < -0.39 is 70.7 Å². The molecule has 242 valence electrons. The van der Waals surface area contributed by atoms with E-state index in [4.69, 9.17) is 10.5 Å². The average Bonchev–Trinajstić information content (AvgIpc) is 3.83. The molecule has 0 aromatic heterocycles. The number of nitrogens with one attached hydrogen (secondary N) is 3. The van der Waals surface area contributed by atoms with Crippen LogP contribution in [0.3, 0.4) is 0 Å². The van der Waals surface area contributed by atoms with Crippen molar-refractivity contribution in [3.8, 4) is 0 Å². The van der Waals surface area contributed by atoms with E-state index in [0.717, 1.165) is 19.3 Å². The molecule has 3 rings (SSSR count). The quantitative estimate of drug-likeness (QED) is 0.183. The summed E-state index contributed by atoms with van der Waals surface area (Å²) in [6.45, 7) is 14.8. The number of nitrogens with zero attached hydrogens (tertiary/aromatic N) is 1. The van der Waals surface area contributed by atoms with Gasteiger partial charge in [0.1, 0.15) is 23.7 Å². The second-order valence-corrected chi connectivity index (χ2v) is 14.7. The Balaban J connectivity index is 1.75. The van der Waals surface area contributed by atoms with Crippen LogP contribution in [0.25, 0.3) is 0 Å². The summed E-state index contributed by atoms with van der Waals surface area (Å²) in [5.74, 6) is -3.08. The van der Waals surface area contributed by atoms with E-state index in [9.17, 15) is 28.8 Å². The maximum Gasteiger partial charge on any atom is 0.329 e. The first-order valence-electron chi connectivity index (χ1n) is 15.6. The molecule has 0 aromatic carbocycles. The topological polar surface area (TPSA) is 177 Å². The normalized spacial score (nSPS) is 24.1. The third-order valence-corrected chi connectivity index (χ3v) is 8.69. The SMILES string of the molecule is CC[C@H](C)[C@H](NC(=O)N[C@H](C(=O)N1C[C@@H]2C[C@@H]2[C@H]1C(=O)NC(CCC1CC1)C(=O)C(N)=O)C(C)(C)C)C(=O)OC(C)(C)C. The predicted octanol–water partition coefficient (Wildman–Crippen LogP) is 2.03. The molecule has 43 heavy (non-hydrogen) atoms. The number of piperidine rings is 1. The summed E-state index contributed by atoms with van der Waals surface area (Å²) >= 11 is 0. The number of rotatable bonds is 13. The lowest BCUT2D eigenvalue weighted by atomic mass is 9.85. The number of urea groups is 1. The summed E-state index contributed by atoms with van der Waals surface area (Å²) in [6, 6.07) is -4.50. The minimum Gasteiger partial charge on any atom is -0.458 e. The molecule has 0 bridgehead atoms. The van der Waals surface area contributed by atoms with Crippen LogP contribution < -0.4 is 21.7 Å². The molecule has 2 saturated carbocycles. The Morgan fingerprint density at radius 2 is 1.60 bits per heavy atom. The number of primary amides is 1. The van der Waals surface area contributed by atoms with Crippen molar-refractivity contribution in [3.63, 3.8) is 0 Å². The monoisotopic (exact) mass is 605 g/mol. The summed E-state index contributed by atoms with van der Waals surface area (Å²) in [7, 11) is 0. The van der Waals surface area contributed by atoms with Crippen molar-refractivity contribution in [2.75, 3.05) is 6.54 Å². The van der Waals surface area contributed by atoms with Crippen LogP contribution in [0.2, 0.25) is 0 Å². The third kappa shape index (κ3) is 9.15. The van der Waals surface area contributed by atoms with Crippen molar-refractivity contribution in [2.45, 2.75) is 124 Å². The molecular formula is C31H51N5O7. The van der Waals surface area contributed by atoms with Gasteiger partial charge in [0.05, 0.1) is 6.04 Å².